The van der Waals surface area contributed by atoms with Gasteiger partial charge >= 0.3 is 0 Å². The molecule has 0 unspecified atom stereocenters. The highest BCUT2D eigenvalue weighted by atomic mass is 16.1. The monoisotopic (exact) mass is 188 g/mol. The van der Waals surface area contributed by atoms with Crippen molar-refractivity contribution in [3.63, 3.8) is 0 Å². The van der Waals surface area contributed by atoms with E-state index >= 15 is 0 Å². The fourth-order valence-electron chi connectivity index (χ4n) is 2.33. The molecule has 0 bridgehead atoms. The van der Waals surface area contributed by atoms with Gasteiger partial charge in [0.25, 0.3) is 0 Å². The first kappa shape index (κ1) is 9.45. The summed E-state index contributed by atoms with van der Waals surface area (Å²) in [5.74, 6) is 0. The molecule has 0 heterocycles. The molecule has 0 amide bonds. The molecule has 1 aliphatic carbocycles. The minimum Gasteiger partial charge on any atom is -0.303 e. The van der Waals surface area contributed by atoms with Crippen molar-refractivity contribution in [2.75, 3.05) is 0 Å². The van der Waals surface area contributed by atoms with Gasteiger partial charge in [-0.15, -0.1) is 0 Å². The molecule has 0 radical (unpaired) electrons. The maximum Gasteiger partial charge on any atom is 0.120 e. The summed E-state index contributed by atoms with van der Waals surface area (Å²) in [6.45, 7) is 2.22. The zero-order valence-electron chi connectivity index (χ0n) is 8.62. The summed E-state index contributed by atoms with van der Waals surface area (Å²) >= 11 is 0. The number of carbonyl (C=O) groups excluding carboxylic acids is 1. The summed E-state index contributed by atoms with van der Waals surface area (Å²) in [7, 11) is 0. The van der Waals surface area contributed by atoms with Gasteiger partial charge in [-0.1, -0.05) is 31.2 Å². The van der Waals surface area contributed by atoms with Crippen LogP contribution in [0.2, 0.25) is 0 Å². The molecule has 14 heavy (non-hydrogen) atoms. The van der Waals surface area contributed by atoms with Crippen molar-refractivity contribution >= 4 is 6.29 Å². The van der Waals surface area contributed by atoms with Gasteiger partial charge in [0.1, 0.15) is 6.29 Å². The molecule has 0 aromatic heterocycles. The second kappa shape index (κ2) is 3.56. The quantitative estimate of drug-likeness (QED) is 0.652. The molecule has 2 rings (SSSR count). The van der Waals surface area contributed by atoms with Crippen molar-refractivity contribution in [2.24, 2.45) is 5.41 Å². The lowest BCUT2D eigenvalue weighted by molar-refractivity contribution is -0.109. The van der Waals surface area contributed by atoms with Crippen molar-refractivity contribution in [2.45, 2.75) is 32.6 Å². The number of benzene rings is 1. The average molecular weight is 188 g/mol. The predicted molar refractivity (Wildman–Crippen MR) is 57.3 cm³/mol. The van der Waals surface area contributed by atoms with Crippen LogP contribution in [0, 0.1) is 5.41 Å². The number of fused-ring (bicyclic) bond motifs is 1. The van der Waals surface area contributed by atoms with E-state index in [9.17, 15) is 4.79 Å². The molecule has 74 valence electrons. The van der Waals surface area contributed by atoms with Crippen molar-refractivity contribution in [1.82, 2.24) is 0 Å². The molecule has 1 aromatic carbocycles. The first-order valence-electron chi connectivity index (χ1n) is 5.24. The van der Waals surface area contributed by atoms with E-state index in [1.54, 1.807) is 0 Å². The van der Waals surface area contributed by atoms with Crippen molar-refractivity contribution in [3.05, 3.63) is 35.4 Å². The van der Waals surface area contributed by atoms with Crippen LogP contribution in [0.25, 0.3) is 0 Å². The molecule has 0 spiro atoms. The Balaban J connectivity index is 2.24. The molecular weight excluding hydrogens is 172 g/mol. The molecule has 0 N–H and O–H groups in total. The van der Waals surface area contributed by atoms with E-state index in [4.69, 9.17) is 0 Å². The number of carbonyl (C=O) groups is 1. The zero-order valence-corrected chi connectivity index (χ0v) is 8.62. The van der Waals surface area contributed by atoms with Gasteiger partial charge in [-0.3, -0.25) is 0 Å². The highest BCUT2D eigenvalue weighted by Crippen LogP contribution is 2.36. The van der Waals surface area contributed by atoms with E-state index in [1.807, 2.05) is 0 Å². The van der Waals surface area contributed by atoms with Crippen molar-refractivity contribution < 1.29 is 4.79 Å². The SMILES string of the molecule is C[C@@]1(CC=O)CCc2ccccc2C1. The lowest BCUT2D eigenvalue weighted by Crippen LogP contribution is -2.26. The van der Waals surface area contributed by atoms with Gasteiger partial charge in [-0.2, -0.15) is 0 Å². The van der Waals surface area contributed by atoms with Gasteiger partial charge < -0.3 is 4.79 Å². The second-order valence-electron chi connectivity index (χ2n) is 4.63. The molecule has 1 atom stereocenters. The van der Waals surface area contributed by atoms with Crippen LogP contribution < -0.4 is 0 Å². The van der Waals surface area contributed by atoms with Crippen LogP contribution in [-0.4, -0.2) is 6.29 Å². The third-order valence-corrected chi connectivity index (χ3v) is 3.31. The largest absolute Gasteiger partial charge is 0.303 e. The highest BCUT2D eigenvalue weighted by Gasteiger charge is 2.28. The molecule has 1 nitrogen and oxygen atoms in total. The Bertz CT molecular complexity index is 343. The number of aldehydes is 1. The Hall–Kier alpha value is -1.11. The molecule has 0 fully saturated rings. The Morgan fingerprint density at radius 2 is 2.07 bits per heavy atom. The fraction of sp³-hybridized carbons (Fsp3) is 0.462. The molecule has 1 heteroatoms. The summed E-state index contributed by atoms with van der Waals surface area (Å²) in [6.07, 6.45) is 5.08. The standard InChI is InChI=1S/C13H16O/c1-13(8-9-14)7-6-11-4-2-3-5-12(11)10-13/h2-5,9H,6-8,10H2,1H3/t13-/m0/s1. The van der Waals surface area contributed by atoms with E-state index in [1.165, 1.54) is 11.1 Å². The van der Waals surface area contributed by atoms with E-state index in [-0.39, 0.29) is 5.41 Å². The Kier molecular flexibility index (Phi) is 2.40. The molecule has 0 saturated carbocycles. The fourth-order valence-corrected chi connectivity index (χ4v) is 2.33. The number of rotatable bonds is 2. The maximum absolute atomic E-state index is 10.6. The van der Waals surface area contributed by atoms with Gasteiger partial charge in [-0.05, 0) is 35.8 Å². The highest BCUT2D eigenvalue weighted by molar-refractivity contribution is 5.51. The van der Waals surface area contributed by atoms with Crippen LogP contribution in [0.1, 0.15) is 30.9 Å². The Morgan fingerprint density at radius 3 is 2.79 bits per heavy atom. The lowest BCUT2D eigenvalue weighted by atomic mass is 9.71. The first-order valence-corrected chi connectivity index (χ1v) is 5.24. The molecule has 1 aliphatic rings. The lowest BCUT2D eigenvalue weighted by Gasteiger charge is -2.33. The molecule has 0 saturated heterocycles. The summed E-state index contributed by atoms with van der Waals surface area (Å²) in [5, 5.41) is 0. The topological polar surface area (TPSA) is 17.1 Å². The second-order valence-corrected chi connectivity index (χ2v) is 4.63. The van der Waals surface area contributed by atoms with Crippen LogP contribution in [0.5, 0.6) is 0 Å². The van der Waals surface area contributed by atoms with E-state index in [2.05, 4.69) is 31.2 Å². The third kappa shape index (κ3) is 1.72. The number of aryl methyl sites for hydroxylation is 1. The van der Waals surface area contributed by atoms with Gasteiger partial charge in [0.2, 0.25) is 0 Å². The molecule has 0 aliphatic heterocycles. The van der Waals surface area contributed by atoms with Crippen molar-refractivity contribution in [1.29, 1.82) is 0 Å². The van der Waals surface area contributed by atoms with Gasteiger partial charge in [0, 0.05) is 6.42 Å². The summed E-state index contributed by atoms with van der Waals surface area (Å²) in [5.41, 5.74) is 3.11. The predicted octanol–water partition coefficient (Wildman–Crippen LogP) is 2.77. The average Bonchev–Trinajstić information content (AvgIpc) is 2.17. The Labute approximate surface area is 85.1 Å². The summed E-state index contributed by atoms with van der Waals surface area (Å²) < 4.78 is 0. The van der Waals surface area contributed by atoms with Crippen molar-refractivity contribution in [3.8, 4) is 0 Å². The summed E-state index contributed by atoms with van der Waals surface area (Å²) in [6, 6.07) is 8.58. The minimum absolute atomic E-state index is 0.204. The minimum atomic E-state index is 0.204. The van der Waals surface area contributed by atoms with E-state index in [0.717, 1.165) is 25.5 Å². The van der Waals surface area contributed by atoms with E-state index < -0.39 is 0 Å². The van der Waals surface area contributed by atoms with Crippen LogP contribution in [0.15, 0.2) is 24.3 Å². The zero-order chi connectivity index (χ0) is 10.0. The molecular formula is C13H16O. The van der Waals surface area contributed by atoms with E-state index in [0.29, 0.717) is 6.42 Å². The maximum atomic E-state index is 10.6. The van der Waals surface area contributed by atoms with Crippen LogP contribution in [0.4, 0.5) is 0 Å². The number of hydrogen-bond acceptors (Lipinski definition) is 1. The normalized spacial score (nSPS) is 25.5. The van der Waals surface area contributed by atoms with Crippen LogP contribution >= 0.6 is 0 Å². The van der Waals surface area contributed by atoms with Gasteiger partial charge in [-0.25, -0.2) is 0 Å². The van der Waals surface area contributed by atoms with Crippen LogP contribution in [-0.2, 0) is 17.6 Å². The first-order chi connectivity index (χ1) is 6.73. The van der Waals surface area contributed by atoms with Gasteiger partial charge in [0.05, 0.1) is 0 Å². The smallest absolute Gasteiger partial charge is 0.120 e. The number of hydrogen-bond donors (Lipinski definition) is 0. The van der Waals surface area contributed by atoms with Gasteiger partial charge in [0.15, 0.2) is 0 Å². The third-order valence-electron chi connectivity index (χ3n) is 3.31. The molecule has 1 aromatic rings. The van der Waals surface area contributed by atoms with Crippen LogP contribution in [0.3, 0.4) is 0 Å². The Morgan fingerprint density at radius 1 is 1.36 bits per heavy atom. The summed E-state index contributed by atoms with van der Waals surface area (Å²) in [4.78, 5) is 10.6.